The van der Waals surface area contributed by atoms with E-state index in [1.54, 1.807) is 12.5 Å². The van der Waals surface area contributed by atoms with Gasteiger partial charge in [-0.15, -0.1) is 0 Å². The quantitative estimate of drug-likeness (QED) is 0.317. The smallest absolute Gasteiger partial charge is 0.302 e. The van der Waals surface area contributed by atoms with Crippen LogP contribution in [0.1, 0.15) is 112 Å². The molecule has 2 nitrogen and oxygen atoms in total. The van der Waals surface area contributed by atoms with Crippen LogP contribution in [0.15, 0.2) is 11.6 Å². The average molecular weight is 429 g/mol. The fraction of sp³-hybridized carbons (Fsp3) is 0.897. The lowest BCUT2D eigenvalue weighted by molar-refractivity contribution is -0.148. The summed E-state index contributed by atoms with van der Waals surface area (Å²) < 4.78 is 5.61. The molecular weight excluding hydrogens is 380 g/mol. The highest BCUT2D eigenvalue weighted by Crippen LogP contribution is 2.67. The topological polar surface area (TPSA) is 26.3 Å². The van der Waals surface area contributed by atoms with Crippen LogP contribution in [-0.4, -0.2) is 12.1 Å². The molecule has 0 N–H and O–H groups in total. The van der Waals surface area contributed by atoms with Crippen LogP contribution in [0.25, 0.3) is 0 Å². The SMILES string of the molecule is CC(=O)O[C@H]1CC[C@@]2(C)C(=CC[C@@H]3[C@H]4CC[C@@H]([C@H](C)CCCC(C)C)[C@@]4(C)CC[C@H]32)C1. The van der Waals surface area contributed by atoms with Crippen molar-refractivity contribution in [1.29, 1.82) is 0 Å². The van der Waals surface area contributed by atoms with E-state index < -0.39 is 0 Å². The van der Waals surface area contributed by atoms with Gasteiger partial charge >= 0.3 is 5.97 Å². The molecular formula is C29H48O2. The van der Waals surface area contributed by atoms with Gasteiger partial charge in [0.2, 0.25) is 0 Å². The summed E-state index contributed by atoms with van der Waals surface area (Å²) in [5.41, 5.74) is 2.53. The molecule has 0 bridgehead atoms. The number of ether oxygens (including phenoxy) is 1. The molecule has 4 aliphatic rings. The van der Waals surface area contributed by atoms with E-state index in [1.807, 2.05) is 0 Å². The first-order valence-electron chi connectivity index (χ1n) is 13.5. The third-order valence-electron chi connectivity index (χ3n) is 10.6. The zero-order chi connectivity index (χ0) is 22.4. The monoisotopic (exact) mass is 428 g/mol. The fourth-order valence-electron chi connectivity index (χ4n) is 8.99. The highest BCUT2D eigenvalue weighted by molar-refractivity contribution is 5.66. The Morgan fingerprint density at radius 2 is 1.84 bits per heavy atom. The molecule has 3 saturated carbocycles. The number of hydrogen-bond donors (Lipinski definition) is 0. The van der Waals surface area contributed by atoms with Gasteiger partial charge in [0.05, 0.1) is 0 Å². The summed E-state index contributed by atoms with van der Waals surface area (Å²) in [5.74, 6) is 5.19. The van der Waals surface area contributed by atoms with E-state index >= 15 is 0 Å². The molecule has 4 rings (SSSR count). The van der Waals surface area contributed by atoms with Crippen LogP contribution in [0.3, 0.4) is 0 Å². The molecule has 0 aliphatic heterocycles. The number of rotatable bonds is 6. The van der Waals surface area contributed by atoms with Crippen molar-refractivity contribution < 1.29 is 9.53 Å². The first kappa shape index (κ1) is 23.4. The normalized spacial score (nSPS) is 42.9. The Kier molecular flexibility index (Phi) is 6.68. The predicted octanol–water partition coefficient (Wildman–Crippen LogP) is 7.96. The van der Waals surface area contributed by atoms with Gasteiger partial charge in [-0.2, -0.15) is 0 Å². The van der Waals surface area contributed by atoms with E-state index in [-0.39, 0.29) is 12.1 Å². The molecule has 4 aliphatic carbocycles. The maximum atomic E-state index is 11.5. The number of hydrogen-bond acceptors (Lipinski definition) is 2. The zero-order valence-electron chi connectivity index (χ0n) is 21.2. The van der Waals surface area contributed by atoms with Crippen LogP contribution in [0, 0.1) is 46.3 Å². The molecule has 0 aromatic carbocycles. The molecule has 8 atom stereocenters. The first-order chi connectivity index (χ1) is 14.6. The number of allylic oxidation sites excluding steroid dienone is 1. The van der Waals surface area contributed by atoms with Gasteiger partial charge in [-0.1, -0.05) is 65.5 Å². The molecule has 0 amide bonds. The standard InChI is InChI=1S/C29H48O2/c1-19(2)8-7-9-20(3)25-12-13-26-24-11-10-22-18-23(31-21(4)30)14-16-28(22,5)27(24)15-17-29(25,26)6/h10,19-20,23-27H,7-9,11-18H2,1-6H3/t20-,23+,24-,25+,26-,27-,28+,29-/m1/s1. The van der Waals surface area contributed by atoms with E-state index in [1.165, 1.54) is 57.8 Å². The van der Waals surface area contributed by atoms with Gasteiger partial charge in [0.1, 0.15) is 6.10 Å². The predicted molar refractivity (Wildman–Crippen MR) is 129 cm³/mol. The van der Waals surface area contributed by atoms with E-state index in [9.17, 15) is 4.79 Å². The van der Waals surface area contributed by atoms with Crippen LogP contribution in [-0.2, 0) is 9.53 Å². The van der Waals surface area contributed by atoms with Crippen molar-refractivity contribution in [1.82, 2.24) is 0 Å². The molecule has 0 aromatic rings. The lowest BCUT2D eigenvalue weighted by Gasteiger charge is -2.58. The Hall–Kier alpha value is -0.790. The fourth-order valence-corrected chi connectivity index (χ4v) is 8.99. The van der Waals surface area contributed by atoms with Crippen molar-refractivity contribution in [2.24, 2.45) is 46.3 Å². The van der Waals surface area contributed by atoms with Gasteiger partial charge in [0, 0.05) is 13.3 Å². The van der Waals surface area contributed by atoms with Gasteiger partial charge < -0.3 is 4.74 Å². The van der Waals surface area contributed by atoms with Crippen LogP contribution in [0.5, 0.6) is 0 Å². The molecule has 2 heteroatoms. The van der Waals surface area contributed by atoms with Crippen molar-refractivity contribution in [3.63, 3.8) is 0 Å². The third kappa shape index (κ3) is 4.26. The summed E-state index contributed by atoms with van der Waals surface area (Å²) >= 11 is 0. The largest absolute Gasteiger partial charge is 0.462 e. The van der Waals surface area contributed by atoms with Crippen molar-refractivity contribution in [3.05, 3.63) is 11.6 Å². The molecule has 0 spiro atoms. The number of fused-ring (bicyclic) bond motifs is 5. The second-order valence-corrected chi connectivity index (χ2v) is 12.8. The van der Waals surface area contributed by atoms with Crippen LogP contribution >= 0.6 is 0 Å². The summed E-state index contributed by atoms with van der Waals surface area (Å²) in [6, 6.07) is 0. The second kappa shape index (κ2) is 8.86. The summed E-state index contributed by atoms with van der Waals surface area (Å²) in [5, 5.41) is 0. The Morgan fingerprint density at radius 1 is 1.06 bits per heavy atom. The Morgan fingerprint density at radius 3 is 2.55 bits per heavy atom. The molecule has 0 radical (unpaired) electrons. The number of esters is 1. The van der Waals surface area contributed by atoms with Gasteiger partial charge in [-0.25, -0.2) is 0 Å². The second-order valence-electron chi connectivity index (χ2n) is 12.8. The number of carbonyl (C=O) groups is 1. The van der Waals surface area contributed by atoms with Crippen molar-refractivity contribution in [3.8, 4) is 0 Å². The van der Waals surface area contributed by atoms with E-state index in [4.69, 9.17) is 4.74 Å². The Bertz CT molecular complexity index is 693. The lowest BCUT2D eigenvalue weighted by atomic mass is 9.47. The first-order valence-corrected chi connectivity index (χ1v) is 13.5. The summed E-state index contributed by atoms with van der Waals surface area (Å²) in [6.45, 7) is 14.1. The molecule has 0 unspecified atom stereocenters. The molecule has 3 fully saturated rings. The maximum Gasteiger partial charge on any atom is 0.302 e. The van der Waals surface area contributed by atoms with Gasteiger partial charge in [-0.05, 0) is 91.3 Å². The van der Waals surface area contributed by atoms with E-state index in [0.717, 1.165) is 48.3 Å². The number of carbonyl (C=O) groups excluding carboxylic acids is 1. The Labute approximate surface area is 192 Å². The summed E-state index contributed by atoms with van der Waals surface area (Å²) in [4.78, 5) is 11.5. The van der Waals surface area contributed by atoms with Crippen LogP contribution < -0.4 is 0 Å². The maximum absolute atomic E-state index is 11.5. The molecule has 0 saturated heterocycles. The minimum atomic E-state index is -0.115. The third-order valence-corrected chi connectivity index (χ3v) is 10.6. The Balaban J connectivity index is 1.47. The highest BCUT2D eigenvalue weighted by Gasteiger charge is 2.59. The summed E-state index contributed by atoms with van der Waals surface area (Å²) in [7, 11) is 0. The van der Waals surface area contributed by atoms with Crippen LogP contribution in [0.4, 0.5) is 0 Å². The van der Waals surface area contributed by atoms with Crippen molar-refractivity contribution >= 4 is 5.97 Å². The van der Waals surface area contributed by atoms with Gasteiger partial charge in [0.15, 0.2) is 0 Å². The van der Waals surface area contributed by atoms with Crippen LogP contribution in [0.2, 0.25) is 0 Å². The highest BCUT2D eigenvalue weighted by atomic mass is 16.5. The van der Waals surface area contributed by atoms with Crippen molar-refractivity contribution in [2.75, 3.05) is 0 Å². The van der Waals surface area contributed by atoms with Crippen molar-refractivity contribution in [2.45, 2.75) is 118 Å². The molecule has 0 aromatic heterocycles. The molecule has 0 heterocycles. The molecule has 176 valence electrons. The molecule has 31 heavy (non-hydrogen) atoms. The lowest BCUT2D eigenvalue weighted by Crippen LogP contribution is -2.51. The summed E-state index contributed by atoms with van der Waals surface area (Å²) in [6.07, 6.45) is 17.2. The van der Waals surface area contributed by atoms with E-state index in [2.05, 4.69) is 40.7 Å². The zero-order valence-corrected chi connectivity index (χ0v) is 21.2. The minimum Gasteiger partial charge on any atom is -0.462 e. The van der Waals surface area contributed by atoms with E-state index in [0.29, 0.717) is 10.8 Å². The van der Waals surface area contributed by atoms with Gasteiger partial charge in [-0.3, -0.25) is 4.79 Å². The average Bonchev–Trinajstić information content (AvgIpc) is 3.05. The minimum absolute atomic E-state index is 0.115. The van der Waals surface area contributed by atoms with Gasteiger partial charge in [0.25, 0.3) is 0 Å².